The van der Waals surface area contributed by atoms with Crippen LogP contribution in [0.3, 0.4) is 0 Å². The first-order valence-electron chi connectivity index (χ1n) is 24.3. The topological polar surface area (TPSA) is 303 Å². The maximum Gasteiger partial charge on any atom is 0.472 e. The number of phosphoric ester groups is 3. The summed E-state index contributed by atoms with van der Waals surface area (Å²) in [5, 5.41) is 31.9. The summed E-state index contributed by atoms with van der Waals surface area (Å²) >= 11 is 0. The smallest absolute Gasteiger partial charge is 0.462 e. The number of ether oxygens (including phenoxy) is 2. The Hall–Kier alpha value is -1.63. The number of esters is 2. The molecule has 392 valence electrons. The van der Waals surface area contributed by atoms with Gasteiger partial charge in [-0.15, -0.1) is 0 Å². The van der Waals surface area contributed by atoms with E-state index in [1.54, 1.807) is 0 Å². The summed E-state index contributed by atoms with van der Waals surface area (Å²) < 4.78 is 65.4. The van der Waals surface area contributed by atoms with E-state index in [-0.39, 0.29) is 12.8 Å². The van der Waals surface area contributed by atoms with Crippen molar-refractivity contribution < 1.29 is 90.6 Å². The van der Waals surface area contributed by atoms with Gasteiger partial charge in [-0.25, -0.2) is 13.7 Å². The van der Waals surface area contributed by atoms with E-state index in [2.05, 4.69) is 47.2 Å². The molecule has 1 saturated carbocycles. The van der Waals surface area contributed by atoms with E-state index < -0.39 is 91.3 Å². The van der Waals surface area contributed by atoms with Gasteiger partial charge in [-0.1, -0.05) is 153 Å². The van der Waals surface area contributed by atoms with Crippen LogP contribution in [0.1, 0.15) is 181 Å². The SMILES string of the molecule is CCCCCC=CCC=CCC=CCCCCC(=O)OCC(COP(=O)(O)OC1C(O)C(O)C(OP(=O)(O)O)C(OP(=O)(O)O)C1O)OC(=O)CCCCCCCCCCCCCCCCC. The lowest BCUT2D eigenvalue weighted by molar-refractivity contribution is -0.213. The van der Waals surface area contributed by atoms with Crippen LogP contribution in [0.2, 0.25) is 0 Å². The first kappa shape index (κ1) is 63.4. The zero-order valence-corrected chi connectivity index (χ0v) is 42.4. The molecule has 1 aliphatic carbocycles. The molecular weight excluding hydrogens is 937 g/mol. The van der Waals surface area contributed by atoms with Crippen LogP contribution in [0.4, 0.5) is 0 Å². The molecule has 0 saturated heterocycles. The highest BCUT2D eigenvalue weighted by molar-refractivity contribution is 7.47. The number of unbranched alkanes of at least 4 members (excludes halogenated alkanes) is 19. The molecule has 19 nitrogen and oxygen atoms in total. The molecule has 8 unspecified atom stereocenters. The lowest BCUT2D eigenvalue weighted by Crippen LogP contribution is -2.65. The van der Waals surface area contributed by atoms with Gasteiger partial charge in [0.1, 0.15) is 43.2 Å². The first-order chi connectivity index (χ1) is 31.8. The second kappa shape index (κ2) is 37.2. The molecular formula is C45H83O19P3. The number of carbonyl (C=O) groups is 2. The molecule has 0 aromatic rings. The largest absolute Gasteiger partial charge is 0.472 e. The Morgan fingerprint density at radius 2 is 0.866 bits per heavy atom. The van der Waals surface area contributed by atoms with Crippen molar-refractivity contribution in [3.05, 3.63) is 36.5 Å². The Kier molecular flexibility index (Phi) is 35.2. The fraction of sp³-hybridized carbons (Fsp3) is 0.822. The second-order valence-corrected chi connectivity index (χ2v) is 20.8. The van der Waals surface area contributed by atoms with E-state index in [9.17, 15) is 63.1 Å². The van der Waals surface area contributed by atoms with E-state index in [0.717, 1.165) is 57.8 Å². The third-order valence-electron chi connectivity index (χ3n) is 10.9. The number of hydrogen-bond donors (Lipinski definition) is 8. The minimum atomic E-state index is -5.60. The molecule has 1 aliphatic rings. The van der Waals surface area contributed by atoms with Gasteiger partial charge in [0, 0.05) is 12.8 Å². The van der Waals surface area contributed by atoms with Crippen LogP contribution in [0.5, 0.6) is 0 Å². The molecule has 8 N–H and O–H groups in total. The Bertz CT molecular complexity index is 1550. The number of aliphatic hydroxyl groups is 3. The molecule has 0 amide bonds. The lowest BCUT2D eigenvalue weighted by Gasteiger charge is -2.44. The molecule has 0 radical (unpaired) electrons. The second-order valence-electron chi connectivity index (χ2n) is 17.0. The van der Waals surface area contributed by atoms with Gasteiger partial charge in [-0.05, 0) is 51.4 Å². The van der Waals surface area contributed by atoms with Crippen molar-refractivity contribution in [3.8, 4) is 0 Å². The maximum absolute atomic E-state index is 13.1. The Morgan fingerprint density at radius 1 is 0.478 bits per heavy atom. The predicted octanol–water partition coefficient (Wildman–Crippen LogP) is 8.85. The molecule has 0 bridgehead atoms. The third kappa shape index (κ3) is 33.6. The van der Waals surface area contributed by atoms with Crippen molar-refractivity contribution in [2.24, 2.45) is 0 Å². The summed E-state index contributed by atoms with van der Waals surface area (Å²) in [6, 6.07) is 0. The van der Waals surface area contributed by atoms with Crippen LogP contribution in [0, 0.1) is 0 Å². The molecule has 1 fully saturated rings. The highest BCUT2D eigenvalue weighted by atomic mass is 31.2. The summed E-state index contributed by atoms with van der Waals surface area (Å²) in [4.78, 5) is 73.2. The molecule has 67 heavy (non-hydrogen) atoms. The highest BCUT2D eigenvalue weighted by Gasteiger charge is 2.56. The quantitative estimate of drug-likeness (QED) is 0.0123. The molecule has 0 spiro atoms. The van der Waals surface area contributed by atoms with E-state index in [0.29, 0.717) is 19.3 Å². The maximum atomic E-state index is 13.1. The number of phosphoric acid groups is 3. The van der Waals surface area contributed by atoms with Crippen molar-refractivity contribution in [1.29, 1.82) is 0 Å². The van der Waals surface area contributed by atoms with E-state index in [1.807, 2.05) is 12.2 Å². The van der Waals surface area contributed by atoms with Gasteiger partial charge in [0.2, 0.25) is 0 Å². The summed E-state index contributed by atoms with van der Waals surface area (Å²) in [5.74, 6) is -1.34. The fourth-order valence-corrected chi connectivity index (χ4v) is 9.39. The predicted molar refractivity (Wildman–Crippen MR) is 252 cm³/mol. The lowest BCUT2D eigenvalue weighted by atomic mass is 9.85. The van der Waals surface area contributed by atoms with Crippen LogP contribution >= 0.6 is 23.5 Å². The van der Waals surface area contributed by atoms with Gasteiger partial charge >= 0.3 is 35.4 Å². The average molecular weight is 1020 g/mol. The van der Waals surface area contributed by atoms with Gasteiger partial charge in [-0.3, -0.25) is 27.7 Å². The summed E-state index contributed by atoms with van der Waals surface area (Å²) in [6.07, 6.45) is 21.6. The van der Waals surface area contributed by atoms with Gasteiger partial charge in [0.25, 0.3) is 0 Å². The van der Waals surface area contributed by atoms with Crippen molar-refractivity contribution in [2.75, 3.05) is 13.2 Å². The van der Waals surface area contributed by atoms with E-state index in [1.165, 1.54) is 77.0 Å². The fourth-order valence-electron chi connectivity index (χ4n) is 7.30. The third-order valence-corrected chi connectivity index (χ3v) is 13.0. The Morgan fingerprint density at radius 3 is 1.36 bits per heavy atom. The first-order valence-corrected chi connectivity index (χ1v) is 28.8. The standard InChI is InChI=1S/C45H83O19P3/c1-3-5-7-9-11-13-15-17-19-21-23-25-27-29-31-33-38(46)59-35-37(61-39(47)34-32-30-28-26-24-22-20-18-16-14-12-10-8-6-4-2)36-60-67(57,58)64-43-40(48)41(49)44(62-65(51,52)53)45(42(43)50)63-66(54,55)56/h11,13,17,19,23,25,37,40-45,48-50H,3-10,12,14-16,18,20-22,24,26-36H2,1-2H3,(H,57,58)(H2,51,52,53)(H2,54,55,56). The van der Waals surface area contributed by atoms with E-state index >= 15 is 0 Å². The molecule has 0 heterocycles. The number of allylic oxidation sites excluding steroid dienone is 6. The molecule has 0 aromatic heterocycles. The number of rotatable bonds is 41. The highest BCUT2D eigenvalue weighted by Crippen LogP contribution is 2.51. The zero-order chi connectivity index (χ0) is 50.0. The number of hydrogen-bond acceptors (Lipinski definition) is 14. The van der Waals surface area contributed by atoms with Crippen molar-refractivity contribution in [2.45, 2.75) is 224 Å². The minimum absolute atomic E-state index is 0.00732. The van der Waals surface area contributed by atoms with Crippen LogP contribution < -0.4 is 0 Å². The molecule has 1 rings (SSSR count). The summed E-state index contributed by atoms with van der Waals surface area (Å²) in [5.41, 5.74) is 0. The normalized spacial score (nSPS) is 21.9. The zero-order valence-electron chi connectivity index (χ0n) is 39.7. The van der Waals surface area contributed by atoms with Crippen LogP contribution in [-0.2, 0) is 50.9 Å². The van der Waals surface area contributed by atoms with Crippen LogP contribution in [0.25, 0.3) is 0 Å². The Labute approximate surface area is 398 Å². The molecule has 22 heteroatoms. The van der Waals surface area contributed by atoms with Crippen molar-refractivity contribution in [1.82, 2.24) is 0 Å². The van der Waals surface area contributed by atoms with Gasteiger partial charge in [0.15, 0.2) is 6.10 Å². The summed E-state index contributed by atoms with van der Waals surface area (Å²) in [7, 11) is -16.6. The van der Waals surface area contributed by atoms with Crippen LogP contribution in [-0.4, -0.2) is 108 Å². The van der Waals surface area contributed by atoms with Crippen LogP contribution in [0.15, 0.2) is 36.5 Å². The van der Waals surface area contributed by atoms with Gasteiger partial charge in [-0.2, -0.15) is 0 Å². The van der Waals surface area contributed by atoms with Crippen molar-refractivity contribution in [3.63, 3.8) is 0 Å². The molecule has 0 aliphatic heterocycles. The number of aliphatic hydroxyl groups excluding tert-OH is 3. The van der Waals surface area contributed by atoms with Gasteiger partial charge in [0.05, 0.1) is 6.61 Å². The van der Waals surface area contributed by atoms with E-state index in [4.69, 9.17) is 18.5 Å². The van der Waals surface area contributed by atoms with Gasteiger partial charge < -0.3 is 49.3 Å². The monoisotopic (exact) mass is 1020 g/mol. The van der Waals surface area contributed by atoms with Crippen molar-refractivity contribution >= 4 is 35.4 Å². The average Bonchev–Trinajstić information content (AvgIpc) is 3.25. The summed E-state index contributed by atoms with van der Waals surface area (Å²) in [6.45, 7) is 2.89. The molecule has 8 atom stereocenters. The number of carbonyl (C=O) groups excluding carboxylic acids is 2. The minimum Gasteiger partial charge on any atom is -0.462 e. The molecule has 0 aromatic carbocycles. The Balaban J connectivity index is 2.75.